The fourth-order valence-electron chi connectivity index (χ4n) is 1.68. The highest BCUT2D eigenvalue weighted by Crippen LogP contribution is 2.12. The number of furan rings is 1. The monoisotopic (exact) mass is 421 g/mol. The van der Waals surface area contributed by atoms with E-state index in [9.17, 15) is 5.11 Å². The Morgan fingerprint density at radius 2 is 2.24 bits per heavy atom. The molecule has 5 nitrogen and oxygen atoms in total. The second-order valence-corrected chi connectivity index (χ2v) is 5.22. The van der Waals surface area contributed by atoms with Crippen LogP contribution in [0.1, 0.15) is 23.7 Å². The molecule has 0 bridgehead atoms. The van der Waals surface area contributed by atoms with E-state index in [0.29, 0.717) is 24.8 Å². The van der Waals surface area contributed by atoms with Crippen LogP contribution in [-0.4, -0.2) is 24.2 Å². The average molecular weight is 421 g/mol. The molecule has 0 saturated heterocycles. The second-order valence-electron chi connectivity index (χ2n) is 4.19. The van der Waals surface area contributed by atoms with E-state index >= 15 is 0 Å². The summed E-state index contributed by atoms with van der Waals surface area (Å²) >= 11 is 1.68. The Kier molecular flexibility index (Phi) is 8.40. The Morgan fingerprint density at radius 1 is 1.38 bits per heavy atom. The SMILES string of the molecule is CCNC(=NCc1cccs1)NCC(O)c1ccco1.I. The van der Waals surface area contributed by atoms with Gasteiger partial charge in [0.1, 0.15) is 11.9 Å². The molecule has 0 aliphatic carbocycles. The van der Waals surface area contributed by atoms with Gasteiger partial charge in [0, 0.05) is 11.4 Å². The van der Waals surface area contributed by atoms with Gasteiger partial charge in [-0.2, -0.15) is 0 Å². The molecule has 21 heavy (non-hydrogen) atoms. The van der Waals surface area contributed by atoms with Crippen molar-refractivity contribution in [3.63, 3.8) is 0 Å². The maximum absolute atomic E-state index is 9.94. The first-order valence-electron chi connectivity index (χ1n) is 6.55. The molecule has 3 N–H and O–H groups in total. The summed E-state index contributed by atoms with van der Waals surface area (Å²) in [5.74, 6) is 1.23. The van der Waals surface area contributed by atoms with Gasteiger partial charge in [0.25, 0.3) is 0 Å². The number of nitrogens with zero attached hydrogens (tertiary/aromatic N) is 1. The van der Waals surface area contributed by atoms with Gasteiger partial charge in [-0.25, -0.2) is 4.99 Å². The predicted octanol–water partition coefficient (Wildman–Crippen LogP) is 2.75. The number of nitrogens with one attached hydrogen (secondary N) is 2. The minimum Gasteiger partial charge on any atom is -0.467 e. The zero-order valence-electron chi connectivity index (χ0n) is 11.8. The maximum atomic E-state index is 9.94. The van der Waals surface area contributed by atoms with Crippen molar-refractivity contribution in [2.75, 3.05) is 13.1 Å². The van der Waals surface area contributed by atoms with Gasteiger partial charge < -0.3 is 20.2 Å². The van der Waals surface area contributed by atoms with Crippen molar-refractivity contribution in [2.24, 2.45) is 4.99 Å². The van der Waals surface area contributed by atoms with E-state index in [-0.39, 0.29) is 24.0 Å². The molecule has 1 unspecified atom stereocenters. The van der Waals surface area contributed by atoms with Crippen LogP contribution in [0.15, 0.2) is 45.3 Å². The van der Waals surface area contributed by atoms with Crippen LogP contribution in [0.2, 0.25) is 0 Å². The van der Waals surface area contributed by atoms with Crippen molar-refractivity contribution in [1.82, 2.24) is 10.6 Å². The molecule has 1 atom stereocenters. The molecule has 2 aromatic heterocycles. The highest BCUT2D eigenvalue weighted by Gasteiger charge is 2.10. The average Bonchev–Trinajstić information content (AvgIpc) is 3.13. The number of hydrogen-bond acceptors (Lipinski definition) is 4. The molecule has 0 fully saturated rings. The third kappa shape index (κ3) is 6.06. The van der Waals surface area contributed by atoms with E-state index in [1.165, 1.54) is 4.88 Å². The number of aliphatic hydroxyl groups excluding tert-OH is 1. The Balaban J connectivity index is 0.00000220. The minimum atomic E-state index is -0.685. The molecule has 2 heterocycles. The number of aliphatic imine (C=N–C) groups is 1. The highest BCUT2D eigenvalue weighted by atomic mass is 127. The molecule has 116 valence electrons. The predicted molar refractivity (Wildman–Crippen MR) is 96.2 cm³/mol. The summed E-state index contributed by atoms with van der Waals surface area (Å²) in [6.45, 7) is 3.76. The molecule has 0 aliphatic rings. The second kappa shape index (κ2) is 9.80. The number of guanidine groups is 1. The zero-order valence-corrected chi connectivity index (χ0v) is 14.9. The number of aliphatic hydroxyl groups is 1. The van der Waals surface area contributed by atoms with Gasteiger partial charge in [0.05, 0.1) is 19.4 Å². The van der Waals surface area contributed by atoms with Gasteiger partial charge in [-0.1, -0.05) is 6.07 Å². The lowest BCUT2D eigenvalue weighted by Gasteiger charge is -2.13. The Labute approximate surface area is 145 Å². The Morgan fingerprint density at radius 3 is 2.86 bits per heavy atom. The smallest absolute Gasteiger partial charge is 0.191 e. The van der Waals surface area contributed by atoms with Crippen molar-refractivity contribution >= 4 is 41.3 Å². The molecule has 2 aromatic rings. The maximum Gasteiger partial charge on any atom is 0.191 e. The van der Waals surface area contributed by atoms with Crippen LogP contribution in [-0.2, 0) is 6.54 Å². The summed E-state index contributed by atoms with van der Waals surface area (Å²) in [6.07, 6.45) is 0.866. The number of rotatable bonds is 6. The van der Waals surface area contributed by atoms with Crippen LogP contribution >= 0.6 is 35.3 Å². The molecular weight excluding hydrogens is 401 g/mol. The molecule has 0 aromatic carbocycles. The third-order valence-corrected chi connectivity index (χ3v) is 3.51. The van der Waals surface area contributed by atoms with Crippen molar-refractivity contribution < 1.29 is 9.52 Å². The fourth-order valence-corrected chi connectivity index (χ4v) is 2.30. The van der Waals surface area contributed by atoms with E-state index in [2.05, 4.69) is 21.7 Å². The fraction of sp³-hybridized carbons (Fsp3) is 0.357. The normalized spacial score (nSPS) is 12.6. The first-order chi connectivity index (χ1) is 9.79. The van der Waals surface area contributed by atoms with Crippen LogP contribution in [0.25, 0.3) is 0 Å². The van der Waals surface area contributed by atoms with Crippen LogP contribution in [0, 0.1) is 0 Å². The van der Waals surface area contributed by atoms with Crippen molar-refractivity contribution in [2.45, 2.75) is 19.6 Å². The first kappa shape index (κ1) is 18.0. The molecule has 0 radical (unpaired) electrons. The molecule has 0 saturated carbocycles. The lowest BCUT2D eigenvalue weighted by Crippen LogP contribution is -2.39. The van der Waals surface area contributed by atoms with Crippen LogP contribution in [0.3, 0.4) is 0 Å². The summed E-state index contributed by atoms with van der Waals surface area (Å²) in [5, 5.41) is 18.2. The van der Waals surface area contributed by atoms with Gasteiger partial charge >= 0.3 is 0 Å². The van der Waals surface area contributed by atoms with Gasteiger partial charge in [0.2, 0.25) is 0 Å². The quantitative estimate of drug-likeness (QED) is 0.381. The highest BCUT2D eigenvalue weighted by molar-refractivity contribution is 14.0. The summed E-state index contributed by atoms with van der Waals surface area (Å²) in [5.41, 5.74) is 0. The summed E-state index contributed by atoms with van der Waals surface area (Å²) < 4.78 is 5.16. The lowest BCUT2D eigenvalue weighted by atomic mass is 10.3. The van der Waals surface area contributed by atoms with E-state index < -0.39 is 6.10 Å². The van der Waals surface area contributed by atoms with Crippen LogP contribution in [0.5, 0.6) is 0 Å². The van der Waals surface area contributed by atoms with E-state index in [1.54, 1.807) is 29.7 Å². The van der Waals surface area contributed by atoms with Gasteiger partial charge in [-0.05, 0) is 30.5 Å². The van der Waals surface area contributed by atoms with E-state index in [4.69, 9.17) is 4.42 Å². The molecule has 7 heteroatoms. The molecule has 2 rings (SSSR count). The minimum absolute atomic E-state index is 0. The van der Waals surface area contributed by atoms with Gasteiger partial charge in [0.15, 0.2) is 5.96 Å². The summed E-state index contributed by atoms with van der Waals surface area (Å²) in [4.78, 5) is 5.67. The van der Waals surface area contributed by atoms with E-state index in [1.807, 2.05) is 18.4 Å². The van der Waals surface area contributed by atoms with Crippen molar-refractivity contribution in [3.8, 4) is 0 Å². The molecule has 0 aliphatic heterocycles. The Bertz CT molecular complexity index is 514. The number of halogens is 1. The molecular formula is C14H20IN3O2S. The third-order valence-electron chi connectivity index (χ3n) is 2.65. The number of hydrogen-bond donors (Lipinski definition) is 3. The summed E-state index contributed by atoms with van der Waals surface area (Å²) in [7, 11) is 0. The van der Waals surface area contributed by atoms with Crippen LogP contribution < -0.4 is 10.6 Å². The van der Waals surface area contributed by atoms with Gasteiger partial charge in [-0.3, -0.25) is 0 Å². The van der Waals surface area contributed by atoms with Crippen LogP contribution in [0.4, 0.5) is 0 Å². The topological polar surface area (TPSA) is 69.8 Å². The summed E-state index contributed by atoms with van der Waals surface area (Å²) in [6, 6.07) is 7.57. The largest absolute Gasteiger partial charge is 0.467 e. The number of thiophene rings is 1. The molecule has 0 spiro atoms. The zero-order chi connectivity index (χ0) is 14.2. The Hall–Kier alpha value is -1.06. The van der Waals surface area contributed by atoms with Gasteiger partial charge in [-0.15, -0.1) is 35.3 Å². The van der Waals surface area contributed by atoms with Crippen molar-refractivity contribution in [3.05, 3.63) is 46.5 Å². The first-order valence-corrected chi connectivity index (χ1v) is 7.43. The van der Waals surface area contributed by atoms with E-state index in [0.717, 1.165) is 6.54 Å². The molecule has 0 amide bonds. The lowest BCUT2D eigenvalue weighted by molar-refractivity contribution is 0.153. The standard InChI is InChI=1S/C14H19N3O2S.HI/c1-2-15-14(16-9-11-5-4-8-20-11)17-10-12(18)13-6-3-7-19-13;/h3-8,12,18H,2,9-10H2,1H3,(H2,15,16,17);1H. The van der Waals surface area contributed by atoms with Crippen molar-refractivity contribution in [1.29, 1.82) is 0 Å².